The molecular formula is C20H24N4O10S. The zero-order valence-corrected chi connectivity index (χ0v) is 19.0. The molecule has 0 spiro atoms. The third-order valence-electron chi connectivity index (χ3n) is 4.94. The van der Waals surface area contributed by atoms with Gasteiger partial charge in [-0.2, -0.15) is 10.6 Å². The lowest BCUT2D eigenvalue weighted by molar-refractivity contribution is -0.384. The van der Waals surface area contributed by atoms with Gasteiger partial charge in [0.15, 0.2) is 0 Å². The Labute approximate surface area is 200 Å². The Morgan fingerprint density at radius 3 is 1.46 bits per heavy atom. The summed E-state index contributed by atoms with van der Waals surface area (Å²) in [6, 6.07) is 6.66. The van der Waals surface area contributed by atoms with Gasteiger partial charge in [0.1, 0.15) is 34.4 Å². The van der Waals surface area contributed by atoms with E-state index in [0.717, 1.165) is 36.4 Å². The minimum absolute atomic E-state index is 0.0431. The zero-order valence-electron chi connectivity index (χ0n) is 18.1. The fraction of sp³-hybridized carbons (Fsp3) is 0.300. The van der Waals surface area contributed by atoms with Crippen molar-refractivity contribution in [2.75, 3.05) is 36.9 Å². The molecule has 0 aliphatic heterocycles. The average Bonchev–Trinajstić information content (AvgIpc) is 2.81. The number of rotatable bonds is 14. The Morgan fingerprint density at radius 2 is 1.17 bits per heavy atom. The number of carbonyl (C=O) groups is 2. The number of carbonyl (C=O) groups excluding carboxylic acids is 2. The number of nitro benzene ring substituents is 2. The molecule has 0 saturated carbocycles. The van der Waals surface area contributed by atoms with Crippen molar-refractivity contribution in [3.63, 3.8) is 0 Å². The molecule has 0 saturated heterocycles. The van der Waals surface area contributed by atoms with Crippen LogP contribution in [0.3, 0.4) is 0 Å². The third kappa shape index (κ3) is 6.28. The van der Waals surface area contributed by atoms with Crippen molar-refractivity contribution in [3.8, 4) is 0 Å². The number of nitro groups is 2. The van der Waals surface area contributed by atoms with Gasteiger partial charge in [-0.05, 0) is 35.4 Å². The first-order valence-corrected chi connectivity index (χ1v) is 11.7. The summed E-state index contributed by atoms with van der Waals surface area (Å²) in [7, 11) is -4.14. The van der Waals surface area contributed by atoms with Gasteiger partial charge in [0.05, 0.1) is 23.1 Å². The average molecular weight is 512 g/mol. The van der Waals surface area contributed by atoms with Gasteiger partial charge in [-0.25, -0.2) is 0 Å². The predicted octanol–water partition coefficient (Wildman–Crippen LogP) is 2.24. The van der Waals surface area contributed by atoms with Crippen molar-refractivity contribution in [2.45, 2.75) is 10.5 Å². The van der Waals surface area contributed by atoms with Gasteiger partial charge in [-0.15, -0.1) is 0 Å². The number of benzene rings is 2. The number of nitrogens with zero attached hydrogens (tertiary/aromatic N) is 2. The standard InChI is InChI=1S/C20H24N4O10S/c25-7-5-21-15-9-13(1-3-17(15)23(29)30)19(11-27)35(33,34)20(12-28)14-2-4-18(24(31)32)16(10-14)22-6-8-26/h1-4,9-12,19-22,25-26,33-34H,5-8H2. The summed E-state index contributed by atoms with van der Waals surface area (Å²) in [5, 5.41) is 42.4. The fourth-order valence-electron chi connectivity index (χ4n) is 3.32. The molecule has 0 aromatic heterocycles. The van der Waals surface area contributed by atoms with Crippen molar-refractivity contribution in [1.82, 2.24) is 0 Å². The second-order valence-electron chi connectivity index (χ2n) is 7.12. The Morgan fingerprint density at radius 1 is 0.800 bits per heavy atom. The summed E-state index contributed by atoms with van der Waals surface area (Å²) in [4.78, 5) is 45.1. The smallest absolute Gasteiger partial charge is 0.292 e. The van der Waals surface area contributed by atoms with Crippen LogP contribution >= 0.6 is 10.6 Å². The second kappa shape index (κ2) is 12.2. The molecule has 2 unspecified atom stereocenters. The molecule has 35 heavy (non-hydrogen) atoms. The fourth-order valence-corrected chi connectivity index (χ4v) is 5.06. The van der Waals surface area contributed by atoms with Gasteiger partial charge in [0.2, 0.25) is 0 Å². The highest BCUT2D eigenvalue weighted by Gasteiger charge is 2.37. The predicted molar refractivity (Wildman–Crippen MR) is 128 cm³/mol. The van der Waals surface area contributed by atoms with Crippen LogP contribution in [0.25, 0.3) is 0 Å². The lowest BCUT2D eigenvalue weighted by atomic mass is 10.1. The van der Waals surface area contributed by atoms with E-state index in [4.69, 9.17) is 10.2 Å². The van der Waals surface area contributed by atoms with Crippen LogP contribution in [0.5, 0.6) is 0 Å². The van der Waals surface area contributed by atoms with E-state index in [-0.39, 0.29) is 72.8 Å². The van der Waals surface area contributed by atoms with Crippen LogP contribution in [0.15, 0.2) is 36.4 Å². The van der Waals surface area contributed by atoms with Crippen LogP contribution in [0.4, 0.5) is 22.7 Å². The van der Waals surface area contributed by atoms with Crippen LogP contribution in [0, 0.1) is 20.2 Å². The Bertz CT molecular complexity index is 1010. The molecule has 0 aliphatic carbocycles. The molecule has 2 rings (SSSR count). The summed E-state index contributed by atoms with van der Waals surface area (Å²) in [6.45, 7) is -0.827. The molecule has 2 atom stereocenters. The van der Waals surface area contributed by atoms with Crippen LogP contribution in [-0.4, -0.2) is 68.0 Å². The molecule has 14 nitrogen and oxygen atoms in total. The first kappa shape index (κ1) is 27.6. The summed E-state index contributed by atoms with van der Waals surface area (Å²) < 4.78 is 22.0. The van der Waals surface area contributed by atoms with Crippen molar-refractivity contribution < 1.29 is 38.8 Å². The maximum atomic E-state index is 12.0. The van der Waals surface area contributed by atoms with Crippen molar-refractivity contribution >= 4 is 45.9 Å². The van der Waals surface area contributed by atoms with Crippen molar-refractivity contribution in [3.05, 3.63) is 67.8 Å². The molecule has 0 aliphatic rings. The van der Waals surface area contributed by atoms with Crippen LogP contribution in [0.2, 0.25) is 0 Å². The first-order chi connectivity index (χ1) is 16.6. The van der Waals surface area contributed by atoms with E-state index in [2.05, 4.69) is 10.6 Å². The van der Waals surface area contributed by atoms with E-state index in [1.54, 1.807) is 0 Å². The third-order valence-corrected chi connectivity index (χ3v) is 7.20. The lowest BCUT2D eigenvalue weighted by Crippen LogP contribution is -2.20. The van der Waals surface area contributed by atoms with Crippen LogP contribution in [0.1, 0.15) is 21.6 Å². The zero-order chi connectivity index (χ0) is 26.2. The summed E-state index contributed by atoms with van der Waals surface area (Å²) >= 11 is 0. The van der Waals surface area contributed by atoms with E-state index in [1.807, 2.05) is 0 Å². The second-order valence-corrected chi connectivity index (χ2v) is 9.42. The topological polar surface area (TPSA) is 225 Å². The van der Waals surface area contributed by atoms with E-state index in [9.17, 15) is 38.9 Å². The highest BCUT2D eigenvalue weighted by atomic mass is 32.3. The van der Waals surface area contributed by atoms with E-state index in [0.29, 0.717) is 0 Å². The molecule has 15 heteroatoms. The van der Waals surface area contributed by atoms with Gasteiger partial charge in [-0.3, -0.25) is 29.3 Å². The number of aliphatic hydroxyl groups excluding tert-OH is 2. The highest BCUT2D eigenvalue weighted by Crippen LogP contribution is 2.62. The molecule has 2 aromatic rings. The number of aliphatic hydroxyl groups is 2. The van der Waals surface area contributed by atoms with Gasteiger partial charge in [0.25, 0.3) is 11.4 Å². The number of nitrogens with one attached hydrogen (secondary N) is 2. The summed E-state index contributed by atoms with van der Waals surface area (Å²) in [5.74, 6) is 0. The largest absolute Gasteiger partial charge is 0.395 e. The maximum absolute atomic E-state index is 12.0. The first-order valence-electron chi connectivity index (χ1n) is 10.0. The van der Waals surface area contributed by atoms with Crippen LogP contribution < -0.4 is 10.6 Å². The quantitative estimate of drug-likeness (QED) is 0.122. The number of hydrogen-bond donors (Lipinski definition) is 6. The number of anilines is 2. The molecule has 0 bridgehead atoms. The number of hydrogen-bond acceptors (Lipinski definition) is 12. The Balaban J connectivity index is 2.54. The minimum Gasteiger partial charge on any atom is -0.395 e. The molecule has 190 valence electrons. The summed E-state index contributed by atoms with van der Waals surface area (Å²) in [6.07, 6.45) is 0.387. The lowest BCUT2D eigenvalue weighted by Gasteiger charge is -2.42. The Hall–Kier alpha value is -3.63. The summed E-state index contributed by atoms with van der Waals surface area (Å²) in [5.41, 5.74) is -1.03. The van der Waals surface area contributed by atoms with Crippen molar-refractivity contribution in [2.24, 2.45) is 0 Å². The van der Waals surface area contributed by atoms with E-state index < -0.39 is 30.9 Å². The molecule has 6 N–H and O–H groups in total. The maximum Gasteiger partial charge on any atom is 0.292 e. The van der Waals surface area contributed by atoms with Gasteiger partial charge >= 0.3 is 0 Å². The normalized spacial score (nSPS) is 13.4. The van der Waals surface area contributed by atoms with Gasteiger partial charge in [-0.1, -0.05) is 0 Å². The monoisotopic (exact) mass is 512 g/mol. The molecule has 0 heterocycles. The van der Waals surface area contributed by atoms with Crippen LogP contribution in [-0.2, 0) is 9.59 Å². The van der Waals surface area contributed by atoms with Gasteiger partial charge in [0, 0.05) is 25.2 Å². The number of aldehydes is 2. The van der Waals surface area contributed by atoms with E-state index >= 15 is 0 Å². The SMILES string of the molecule is O=CC(c1ccc([N+](=O)[O-])c(NCCO)c1)S(O)(O)C(C=O)c1ccc([N+](=O)[O-])c(NCCO)c1. The molecular weight excluding hydrogens is 488 g/mol. The Kier molecular flexibility index (Phi) is 9.61. The molecule has 0 fully saturated rings. The molecule has 0 radical (unpaired) electrons. The minimum atomic E-state index is -4.14. The van der Waals surface area contributed by atoms with E-state index in [1.165, 1.54) is 0 Å². The molecule has 2 aromatic carbocycles. The van der Waals surface area contributed by atoms with Gasteiger partial charge < -0.3 is 30.4 Å². The molecule has 0 amide bonds. The van der Waals surface area contributed by atoms with Crippen molar-refractivity contribution in [1.29, 1.82) is 0 Å². The highest BCUT2D eigenvalue weighted by molar-refractivity contribution is 8.25.